The summed E-state index contributed by atoms with van der Waals surface area (Å²) >= 11 is 0. The number of benzene rings is 1. The maximum Gasteiger partial charge on any atom is 0.314 e. The van der Waals surface area contributed by atoms with E-state index >= 15 is 0 Å². The molecule has 2 amide bonds. The van der Waals surface area contributed by atoms with Crippen molar-refractivity contribution in [3.05, 3.63) is 23.8 Å². The van der Waals surface area contributed by atoms with E-state index in [9.17, 15) is 9.90 Å². The first kappa shape index (κ1) is 30.0. The molecule has 9 nitrogen and oxygen atoms in total. The van der Waals surface area contributed by atoms with Crippen LogP contribution in [0.4, 0.5) is 4.79 Å². The van der Waals surface area contributed by atoms with Crippen LogP contribution >= 0.6 is 0 Å². The van der Waals surface area contributed by atoms with Crippen molar-refractivity contribution in [1.82, 2.24) is 10.6 Å². The van der Waals surface area contributed by atoms with E-state index in [-0.39, 0.29) is 18.5 Å². The SMILES string of the molecule is COCCCNC(=O)NCC(O)C(N)CC(Cc1ccc(OC)c(OCCCOC)c1)C(C)C. The summed E-state index contributed by atoms with van der Waals surface area (Å²) < 4.78 is 21.4. The second kappa shape index (κ2) is 17.4. The van der Waals surface area contributed by atoms with Gasteiger partial charge in [-0.25, -0.2) is 4.79 Å². The zero-order valence-electron chi connectivity index (χ0n) is 21.5. The van der Waals surface area contributed by atoms with E-state index in [1.54, 1.807) is 21.3 Å². The number of nitrogens with two attached hydrogens (primary N) is 1. The van der Waals surface area contributed by atoms with Crippen LogP contribution in [0.2, 0.25) is 0 Å². The number of carbonyl (C=O) groups is 1. The maximum atomic E-state index is 11.9. The highest BCUT2D eigenvalue weighted by atomic mass is 16.5. The van der Waals surface area contributed by atoms with Crippen LogP contribution in [0.3, 0.4) is 0 Å². The summed E-state index contributed by atoms with van der Waals surface area (Å²) in [6.07, 6.45) is 2.12. The van der Waals surface area contributed by atoms with Crippen molar-refractivity contribution in [2.24, 2.45) is 17.6 Å². The first-order valence-corrected chi connectivity index (χ1v) is 12.0. The Morgan fingerprint density at radius 2 is 1.74 bits per heavy atom. The molecule has 34 heavy (non-hydrogen) atoms. The van der Waals surface area contributed by atoms with Gasteiger partial charge in [-0.15, -0.1) is 0 Å². The van der Waals surface area contributed by atoms with E-state index in [4.69, 9.17) is 24.7 Å². The number of aliphatic hydroxyl groups excluding tert-OH is 1. The Labute approximate surface area is 204 Å². The largest absolute Gasteiger partial charge is 0.493 e. The van der Waals surface area contributed by atoms with Crippen molar-refractivity contribution in [3.8, 4) is 11.5 Å². The Hall–Kier alpha value is -2.07. The maximum absolute atomic E-state index is 11.9. The van der Waals surface area contributed by atoms with Gasteiger partial charge in [0.25, 0.3) is 0 Å². The zero-order valence-corrected chi connectivity index (χ0v) is 21.5. The Bertz CT molecular complexity index is 689. The van der Waals surface area contributed by atoms with Gasteiger partial charge in [-0.2, -0.15) is 0 Å². The molecule has 0 fully saturated rings. The lowest BCUT2D eigenvalue weighted by molar-refractivity contribution is 0.125. The summed E-state index contributed by atoms with van der Waals surface area (Å²) in [6, 6.07) is 5.19. The van der Waals surface area contributed by atoms with Gasteiger partial charge in [0, 0.05) is 53.0 Å². The fraction of sp³-hybridized carbons (Fsp3) is 0.720. The Morgan fingerprint density at radius 3 is 2.38 bits per heavy atom. The molecule has 0 aliphatic carbocycles. The molecule has 0 heterocycles. The number of rotatable bonds is 18. The van der Waals surface area contributed by atoms with Crippen LogP contribution in [0, 0.1) is 11.8 Å². The van der Waals surface area contributed by atoms with Crippen LogP contribution in [0.5, 0.6) is 11.5 Å². The Balaban J connectivity index is 2.63. The van der Waals surface area contributed by atoms with Gasteiger partial charge in [0.1, 0.15) is 0 Å². The van der Waals surface area contributed by atoms with Crippen LogP contribution in [0.1, 0.15) is 38.7 Å². The molecule has 0 bridgehead atoms. The van der Waals surface area contributed by atoms with Crippen LogP contribution in [-0.4, -0.2) is 77.5 Å². The lowest BCUT2D eigenvalue weighted by Gasteiger charge is -2.27. The molecule has 0 radical (unpaired) electrons. The lowest BCUT2D eigenvalue weighted by atomic mass is 9.83. The van der Waals surface area contributed by atoms with Crippen molar-refractivity contribution >= 4 is 6.03 Å². The standard InChI is InChI=1S/C25H45N3O6/c1-18(2)20(16-21(26)22(29)17-28-25(30)27-10-6-11-31-3)14-19-8-9-23(33-5)24(15-19)34-13-7-12-32-4/h8-9,15,18,20-22,29H,6-7,10-14,16-17,26H2,1-5H3,(H2,27,28,30). The summed E-state index contributed by atoms with van der Waals surface area (Å²) in [5.74, 6) is 2.02. The minimum absolute atomic E-state index is 0.101. The Morgan fingerprint density at radius 1 is 1.03 bits per heavy atom. The van der Waals surface area contributed by atoms with Crippen molar-refractivity contribution < 1.29 is 28.8 Å². The molecule has 1 aromatic rings. The van der Waals surface area contributed by atoms with Crippen LogP contribution in [-0.2, 0) is 15.9 Å². The highest BCUT2D eigenvalue weighted by molar-refractivity contribution is 5.73. The number of amides is 2. The molecule has 0 spiro atoms. The third kappa shape index (κ3) is 11.9. The summed E-state index contributed by atoms with van der Waals surface area (Å²) in [7, 11) is 4.92. The van der Waals surface area contributed by atoms with Gasteiger partial charge >= 0.3 is 6.03 Å². The summed E-state index contributed by atoms with van der Waals surface area (Å²) in [5.41, 5.74) is 7.43. The molecular formula is C25H45N3O6. The molecule has 1 rings (SSSR count). The number of carbonyl (C=O) groups excluding carboxylic acids is 1. The minimum Gasteiger partial charge on any atom is -0.493 e. The topological polar surface area (TPSA) is 124 Å². The van der Waals surface area contributed by atoms with E-state index in [1.165, 1.54) is 0 Å². The summed E-state index contributed by atoms with van der Waals surface area (Å²) in [5, 5.41) is 15.9. The highest BCUT2D eigenvalue weighted by Gasteiger charge is 2.23. The van der Waals surface area contributed by atoms with Gasteiger partial charge in [-0.1, -0.05) is 19.9 Å². The fourth-order valence-corrected chi connectivity index (χ4v) is 3.58. The number of hydrogen-bond acceptors (Lipinski definition) is 7. The minimum atomic E-state index is -0.832. The fourth-order valence-electron chi connectivity index (χ4n) is 3.58. The van der Waals surface area contributed by atoms with Gasteiger partial charge < -0.3 is 40.4 Å². The molecule has 196 valence electrons. The molecule has 0 saturated heterocycles. The molecule has 3 unspecified atom stereocenters. The highest BCUT2D eigenvalue weighted by Crippen LogP contribution is 2.31. The van der Waals surface area contributed by atoms with Crippen molar-refractivity contribution in [3.63, 3.8) is 0 Å². The predicted molar refractivity (Wildman–Crippen MR) is 134 cm³/mol. The third-order valence-corrected chi connectivity index (χ3v) is 5.77. The third-order valence-electron chi connectivity index (χ3n) is 5.77. The molecular weight excluding hydrogens is 438 g/mol. The number of nitrogens with one attached hydrogen (secondary N) is 2. The number of aliphatic hydroxyl groups is 1. The quantitative estimate of drug-likeness (QED) is 0.236. The molecule has 1 aromatic carbocycles. The predicted octanol–water partition coefficient (Wildman–Crippen LogP) is 2.34. The lowest BCUT2D eigenvalue weighted by Crippen LogP contribution is -2.47. The molecule has 0 aliphatic rings. The van der Waals surface area contributed by atoms with Crippen LogP contribution < -0.4 is 25.8 Å². The molecule has 9 heteroatoms. The Kier molecular flexibility index (Phi) is 15.3. The van der Waals surface area contributed by atoms with E-state index < -0.39 is 12.1 Å². The van der Waals surface area contributed by atoms with Gasteiger partial charge in [-0.05, 0) is 48.8 Å². The van der Waals surface area contributed by atoms with Gasteiger partial charge in [0.2, 0.25) is 0 Å². The van der Waals surface area contributed by atoms with Crippen molar-refractivity contribution in [2.45, 2.75) is 51.7 Å². The van der Waals surface area contributed by atoms with Crippen LogP contribution in [0.25, 0.3) is 0 Å². The smallest absolute Gasteiger partial charge is 0.314 e. The molecule has 0 saturated carbocycles. The first-order chi connectivity index (χ1) is 16.3. The normalized spacial score (nSPS) is 13.9. The van der Waals surface area contributed by atoms with Gasteiger partial charge in [0.15, 0.2) is 11.5 Å². The van der Waals surface area contributed by atoms with E-state index in [0.717, 1.165) is 24.8 Å². The number of urea groups is 1. The second-order valence-corrected chi connectivity index (χ2v) is 8.84. The molecule has 0 aromatic heterocycles. The van der Waals surface area contributed by atoms with Crippen molar-refractivity contribution in [2.75, 3.05) is 54.2 Å². The van der Waals surface area contributed by atoms with Crippen molar-refractivity contribution in [1.29, 1.82) is 0 Å². The summed E-state index contributed by atoms with van der Waals surface area (Å²) in [4.78, 5) is 11.9. The molecule has 5 N–H and O–H groups in total. The second-order valence-electron chi connectivity index (χ2n) is 8.84. The van der Waals surface area contributed by atoms with E-state index in [0.29, 0.717) is 50.2 Å². The number of methoxy groups -OCH3 is 3. The van der Waals surface area contributed by atoms with Gasteiger partial charge in [-0.3, -0.25) is 0 Å². The monoisotopic (exact) mass is 483 g/mol. The summed E-state index contributed by atoms with van der Waals surface area (Å²) in [6.45, 7) is 6.69. The van der Waals surface area contributed by atoms with Crippen LogP contribution in [0.15, 0.2) is 18.2 Å². The van der Waals surface area contributed by atoms with Gasteiger partial charge in [0.05, 0.1) is 19.8 Å². The number of hydrogen-bond donors (Lipinski definition) is 4. The van der Waals surface area contributed by atoms with E-state index in [2.05, 4.69) is 24.5 Å². The van der Waals surface area contributed by atoms with E-state index in [1.807, 2.05) is 18.2 Å². The average Bonchev–Trinajstić information content (AvgIpc) is 2.82. The first-order valence-electron chi connectivity index (χ1n) is 12.0. The zero-order chi connectivity index (χ0) is 25.3. The molecule has 0 aliphatic heterocycles. The number of ether oxygens (including phenoxy) is 4. The average molecular weight is 484 g/mol. The molecule has 3 atom stereocenters.